The standard InChI is InChI=1S/C36H45N5O7S/c1-21(2)17-31(40-36(45)48-20-29-27-13-8-6-11-25(27)26-12-7-9-14-28(26)29)33(42)39-30(34(43)44)15-10-16-38-35(37)41-49(46,47)32-23(4)18-22(3)19-24(32)5/h6-9,11-14,18-19,21,29-31H,10,15-17,20H2,1-5H3,(H,39,42)(H,40,45)(H,43,44)(H3,37,38,41)/t30-,31-/m0/s1. The van der Waals surface area contributed by atoms with E-state index in [9.17, 15) is 27.9 Å². The molecule has 6 N–H and O–H groups in total. The Morgan fingerprint density at radius 3 is 2.04 bits per heavy atom. The quantitative estimate of drug-likeness (QED) is 0.0927. The molecule has 0 spiro atoms. The molecule has 3 aromatic rings. The van der Waals surface area contributed by atoms with Gasteiger partial charge < -0.3 is 26.2 Å². The number of guanidine groups is 1. The SMILES string of the molecule is Cc1cc(C)c(S(=O)(=O)NC(N)=NCCC[C@H](NC(=O)[C@H](CC(C)C)NC(=O)OCC2c3ccccc3-c3ccccc32)C(=O)O)c(C)c1. The molecule has 49 heavy (non-hydrogen) atoms. The third-order valence-corrected chi connectivity index (χ3v) is 9.98. The van der Waals surface area contributed by atoms with Crippen LogP contribution in [0.25, 0.3) is 11.1 Å². The van der Waals surface area contributed by atoms with Crippen LogP contribution in [0.4, 0.5) is 4.79 Å². The van der Waals surface area contributed by atoms with Gasteiger partial charge in [0, 0.05) is 12.5 Å². The van der Waals surface area contributed by atoms with E-state index in [4.69, 9.17) is 10.5 Å². The molecule has 262 valence electrons. The molecule has 0 radical (unpaired) electrons. The lowest BCUT2D eigenvalue weighted by Crippen LogP contribution is -2.52. The first-order valence-electron chi connectivity index (χ1n) is 16.2. The molecule has 1 aliphatic rings. The number of fused-ring (bicyclic) bond motifs is 3. The van der Waals surface area contributed by atoms with Gasteiger partial charge in [-0.15, -0.1) is 0 Å². The predicted molar refractivity (Wildman–Crippen MR) is 188 cm³/mol. The molecule has 0 unspecified atom stereocenters. The molecule has 4 rings (SSSR count). The molecule has 2 atom stereocenters. The number of hydrogen-bond acceptors (Lipinski definition) is 7. The van der Waals surface area contributed by atoms with Gasteiger partial charge in [-0.3, -0.25) is 9.79 Å². The molecule has 13 heteroatoms. The van der Waals surface area contributed by atoms with E-state index in [1.54, 1.807) is 26.0 Å². The van der Waals surface area contributed by atoms with Gasteiger partial charge in [-0.05, 0) is 79.3 Å². The monoisotopic (exact) mass is 691 g/mol. The number of nitrogens with two attached hydrogens (primary N) is 1. The van der Waals surface area contributed by atoms with Crippen molar-refractivity contribution in [2.45, 2.75) is 76.8 Å². The molecule has 1 aliphatic carbocycles. The molecule has 2 amide bonds. The van der Waals surface area contributed by atoms with Crippen LogP contribution in [0.5, 0.6) is 0 Å². The number of hydrogen-bond donors (Lipinski definition) is 5. The van der Waals surface area contributed by atoms with E-state index >= 15 is 0 Å². The van der Waals surface area contributed by atoms with E-state index in [0.717, 1.165) is 27.8 Å². The third kappa shape index (κ3) is 9.38. The fourth-order valence-electron chi connectivity index (χ4n) is 6.32. The highest BCUT2D eigenvalue weighted by Crippen LogP contribution is 2.44. The highest BCUT2D eigenvalue weighted by atomic mass is 32.2. The highest BCUT2D eigenvalue weighted by Gasteiger charge is 2.31. The number of carbonyl (C=O) groups is 3. The van der Waals surface area contributed by atoms with Crippen molar-refractivity contribution in [1.29, 1.82) is 0 Å². The van der Waals surface area contributed by atoms with Crippen molar-refractivity contribution in [3.63, 3.8) is 0 Å². The number of carboxylic acid groups (broad SMARTS) is 1. The number of nitrogens with zero attached hydrogens (tertiary/aromatic N) is 1. The largest absolute Gasteiger partial charge is 0.480 e. The van der Waals surface area contributed by atoms with Crippen LogP contribution in [0.3, 0.4) is 0 Å². The normalized spacial score (nSPS) is 14.0. The van der Waals surface area contributed by atoms with Crippen molar-refractivity contribution < 1.29 is 32.6 Å². The molecule has 0 bridgehead atoms. The van der Waals surface area contributed by atoms with Gasteiger partial charge in [0.25, 0.3) is 10.0 Å². The zero-order chi connectivity index (χ0) is 35.9. The Kier molecular flexibility index (Phi) is 12.0. The minimum Gasteiger partial charge on any atom is -0.480 e. The number of rotatable bonds is 14. The number of carbonyl (C=O) groups excluding carboxylic acids is 2. The zero-order valence-electron chi connectivity index (χ0n) is 28.4. The van der Waals surface area contributed by atoms with Crippen LogP contribution >= 0.6 is 0 Å². The second-order valence-electron chi connectivity index (χ2n) is 12.8. The highest BCUT2D eigenvalue weighted by molar-refractivity contribution is 7.90. The van der Waals surface area contributed by atoms with Crippen LogP contribution in [0.15, 0.2) is 70.6 Å². The Balaban J connectivity index is 1.32. The summed E-state index contributed by atoms with van der Waals surface area (Å²) in [6, 6.07) is 17.1. The first kappa shape index (κ1) is 36.9. The first-order valence-corrected chi connectivity index (χ1v) is 17.7. The van der Waals surface area contributed by atoms with E-state index in [0.29, 0.717) is 11.1 Å². The molecule has 3 aromatic carbocycles. The maximum atomic E-state index is 13.3. The number of benzene rings is 3. The van der Waals surface area contributed by atoms with Crippen LogP contribution in [-0.2, 0) is 24.3 Å². The summed E-state index contributed by atoms with van der Waals surface area (Å²) in [6.45, 7) is 9.10. The maximum Gasteiger partial charge on any atom is 0.407 e. The van der Waals surface area contributed by atoms with Gasteiger partial charge in [0.15, 0.2) is 0 Å². The molecule has 0 saturated carbocycles. The number of sulfonamides is 1. The van der Waals surface area contributed by atoms with E-state index in [1.807, 2.05) is 69.3 Å². The molecule has 0 heterocycles. The van der Waals surface area contributed by atoms with E-state index in [-0.39, 0.29) is 55.1 Å². The van der Waals surface area contributed by atoms with Crippen LogP contribution in [-0.4, -0.2) is 62.7 Å². The van der Waals surface area contributed by atoms with E-state index in [1.165, 1.54) is 0 Å². The Morgan fingerprint density at radius 1 is 0.918 bits per heavy atom. The van der Waals surface area contributed by atoms with Gasteiger partial charge in [0.05, 0.1) is 4.90 Å². The Morgan fingerprint density at radius 2 is 1.49 bits per heavy atom. The van der Waals surface area contributed by atoms with Crippen molar-refractivity contribution in [2.24, 2.45) is 16.6 Å². The molecule has 0 saturated heterocycles. The number of alkyl carbamates (subject to hydrolysis) is 1. The molecule has 0 aliphatic heterocycles. The number of ether oxygens (including phenoxy) is 1. The molecule has 12 nitrogen and oxygen atoms in total. The summed E-state index contributed by atoms with van der Waals surface area (Å²) in [7, 11) is -3.99. The fourth-order valence-corrected chi connectivity index (χ4v) is 7.73. The average molecular weight is 692 g/mol. The topological polar surface area (TPSA) is 189 Å². The Labute approximate surface area is 287 Å². The summed E-state index contributed by atoms with van der Waals surface area (Å²) in [5.74, 6) is -2.41. The summed E-state index contributed by atoms with van der Waals surface area (Å²) in [5.41, 5.74) is 12.2. The lowest BCUT2D eigenvalue weighted by molar-refractivity contribution is -0.142. The van der Waals surface area contributed by atoms with Gasteiger partial charge in [-0.1, -0.05) is 80.1 Å². The minimum atomic E-state index is -3.99. The van der Waals surface area contributed by atoms with Crippen molar-refractivity contribution in [2.75, 3.05) is 13.2 Å². The molecule has 0 fully saturated rings. The number of amides is 2. The number of nitrogens with one attached hydrogen (secondary N) is 3. The van der Waals surface area contributed by atoms with E-state index in [2.05, 4.69) is 20.3 Å². The number of aryl methyl sites for hydroxylation is 3. The zero-order valence-corrected chi connectivity index (χ0v) is 29.3. The summed E-state index contributed by atoms with van der Waals surface area (Å²) in [6.07, 6.45) is -0.363. The van der Waals surface area contributed by atoms with Gasteiger partial charge in [0.2, 0.25) is 11.9 Å². The fraction of sp³-hybridized carbons (Fsp3) is 0.389. The van der Waals surface area contributed by atoms with E-state index < -0.39 is 40.1 Å². The van der Waals surface area contributed by atoms with Gasteiger partial charge in [-0.2, -0.15) is 0 Å². The Bertz CT molecular complexity index is 1770. The third-order valence-electron chi connectivity index (χ3n) is 8.32. The Hall–Kier alpha value is -4.91. The van der Waals surface area contributed by atoms with Crippen molar-refractivity contribution in [3.8, 4) is 11.1 Å². The number of carboxylic acids is 1. The van der Waals surface area contributed by atoms with Gasteiger partial charge >= 0.3 is 12.1 Å². The smallest absolute Gasteiger partial charge is 0.407 e. The lowest BCUT2D eigenvalue weighted by atomic mass is 9.98. The van der Waals surface area contributed by atoms with Crippen LogP contribution in [0.1, 0.15) is 66.8 Å². The second-order valence-corrected chi connectivity index (χ2v) is 14.4. The summed E-state index contributed by atoms with van der Waals surface area (Å²) < 4.78 is 33.8. The summed E-state index contributed by atoms with van der Waals surface area (Å²) in [4.78, 5) is 42.4. The van der Waals surface area contributed by atoms with Crippen molar-refractivity contribution >= 4 is 34.0 Å². The van der Waals surface area contributed by atoms with Crippen LogP contribution in [0, 0.1) is 26.7 Å². The van der Waals surface area contributed by atoms with Gasteiger partial charge in [-0.25, -0.2) is 22.7 Å². The second kappa shape index (κ2) is 16.0. The lowest BCUT2D eigenvalue weighted by Gasteiger charge is -2.23. The number of aliphatic carboxylic acids is 1. The molecular weight excluding hydrogens is 646 g/mol. The van der Waals surface area contributed by atoms with Gasteiger partial charge in [0.1, 0.15) is 18.7 Å². The molecule has 0 aromatic heterocycles. The predicted octanol–water partition coefficient (Wildman–Crippen LogP) is 4.51. The van der Waals surface area contributed by atoms with Crippen LogP contribution in [0.2, 0.25) is 0 Å². The van der Waals surface area contributed by atoms with Crippen molar-refractivity contribution in [3.05, 3.63) is 88.5 Å². The maximum absolute atomic E-state index is 13.3. The summed E-state index contributed by atoms with van der Waals surface area (Å²) >= 11 is 0. The first-order chi connectivity index (χ1) is 23.2. The average Bonchev–Trinajstić information content (AvgIpc) is 3.33. The number of aliphatic imine (C=N–C) groups is 1. The minimum absolute atomic E-state index is 0.00138. The summed E-state index contributed by atoms with van der Waals surface area (Å²) in [5, 5.41) is 15.0. The molecular formula is C36H45N5O7S. The van der Waals surface area contributed by atoms with Crippen LogP contribution < -0.4 is 21.1 Å². The van der Waals surface area contributed by atoms with Crippen molar-refractivity contribution in [1.82, 2.24) is 15.4 Å².